The van der Waals surface area contributed by atoms with Crippen molar-refractivity contribution in [2.75, 3.05) is 24.6 Å². The van der Waals surface area contributed by atoms with Gasteiger partial charge in [-0.1, -0.05) is 6.92 Å². The third-order valence-electron chi connectivity index (χ3n) is 1.92. The summed E-state index contributed by atoms with van der Waals surface area (Å²) in [4.78, 5) is 22.9. The smallest absolute Gasteiger partial charge is 0.323 e. The van der Waals surface area contributed by atoms with Gasteiger partial charge in [0.25, 0.3) is 0 Å². The molecule has 0 aliphatic carbocycles. The van der Waals surface area contributed by atoms with Gasteiger partial charge in [0, 0.05) is 6.54 Å². The molecule has 6 nitrogen and oxygen atoms in total. The van der Waals surface area contributed by atoms with Crippen molar-refractivity contribution in [1.82, 2.24) is 4.90 Å². The number of nitrogens with zero attached hydrogens (tertiary/aromatic N) is 1. The molecule has 0 bridgehead atoms. The number of rotatable bonds is 7. The number of carbonyl (C=O) groups is 2. The van der Waals surface area contributed by atoms with Crippen LogP contribution in [0.4, 0.5) is 0 Å². The molecule has 0 saturated heterocycles. The average molecular weight is 251 g/mol. The zero-order valence-electron chi connectivity index (χ0n) is 9.47. The molecule has 0 rings (SSSR count). The van der Waals surface area contributed by atoms with Crippen LogP contribution in [-0.2, 0) is 19.4 Å². The number of sulfone groups is 1. The molecule has 0 atom stereocenters. The molecular weight excluding hydrogens is 234 g/mol. The van der Waals surface area contributed by atoms with Crippen LogP contribution in [0.1, 0.15) is 20.3 Å². The van der Waals surface area contributed by atoms with Crippen molar-refractivity contribution in [3.63, 3.8) is 0 Å². The van der Waals surface area contributed by atoms with Gasteiger partial charge < -0.3 is 10.0 Å². The first-order chi connectivity index (χ1) is 7.32. The van der Waals surface area contributed by atoms with Crippen LogP contribution in [0.5, 0.6) is 0 Å². The van der Waals surface area contributed by atoms with Gasteiger partial charge in [-0.25, -0.2) is 8.42 Å². The van der Waals surface area contributed by atoms with Gasteiger partial charge in [-0.05, 0) is 13.3 Å². The Labute approximate surface area is 95.2 Å². The molecule has 0 spiro atoms. The van der Waals surface area contributed by atoms with E-state index in [1.54, 1.807) is 13.8 Å². The highest BCUT2D eigenvalue weighted by atomic mass is 32.2. The Kier molecular flexibility index (Phi) is 6.02. The highest BCUT2D eigenvalue weighted by molar-refractivity contribution is 7.92. The van der Waals surface area contributed by atoms with E-state index < -0.39 is 34.0 Å². The third-order valence-corrected chi connectivity index (χ3v) is 3.64. The van der Waals surface area contributed by atoms with Crippen LogP contribution < -0.4 is 0 Å². The SMILES string of the molecule is CCCS(=O)(=O)CC(=O)N(CC)CC(=O)O. The van der Waals surface area contributed by atoms with E-state index in [0.29, 0.717) is 6.42 Å². The summed E-state index contributed by atoms with van der Waals surface area (Å²) in [5, 5.41) is 8.52. The first-order valence-electron chi connectivity index (χ1n) is 5.02. The summed E-state index contributed by atoms with van der Waals surface area (Å²) in [6.45, 7) is 3.04. The normalized spacial score (nSPS) is 11.1. The summed E-state index contributed by atoms with van der Waals surface area (Å²) in [7, 11) is -3.41. The molecular formula is C9H17NO5S. The van der Waals surface area contributed by atoms with E-state index in [4.69, 9.17) is 5.11 Å². The summed E-state index contributed by atoms with van der Waals surface area (Å²) in [6, 6.07) is 0. The molecule has 0 radical (unpaired) electrons. The lowest BCUT2D eigenvalue weighted by Gasteiger charge is -2.18. The second kappa shape index (κ2) is 6.47. The molecule has 94 valence electrons. The Morgan fingerprint density at radius 2 is 1.81 bits per heavy atom. The molecule has 0 saturated carbocycles. The number of carboxylic acids is 1. The zero-order valence-corrected chi connectivity index (χ0v) is 10.3. The highest BCUT2D eigenvalue weighted by Crippen LogP contribution is 1.98. The highest BCUT2D eigenvalue weighted by Gasteiger charge is 2.21. The van der Waals surface area contributed by atoms with Crippen molar-refractivity contribution in [3.05, 3.63) is 0 Å². The van der Waals surface area contributed by atoms with Crippen molar-refractivity contribution in [2.24, 2.45) is 0 Å². The summed E-state index contributed by atoms with van der Waals surface area (Å²) in [5.41, 5.74) is 0. The maximum atomic E-state index is 11.5. The summed E-state index contributed by atoms with van der Waals surface area (Å²) in [6.07, 6.45) is 0.445. The van der Waals surface area contributed by atoms with Crippen LogP contribution >= 0.6 is 0 Å². The number of hydrogen-bond acceptors (Lipinski definition) is 4. The van der Waals surface area contributed by atoms with E-state index in [1.807, 2.05) is 0 Å². The Morgan fingerprint density at radius 3 is 2.19 bits per heavy atom. The summed E-state index contributed by atoms with van der Waals surface area (Å²) >= 11 is 0. The second-order valence-corrected chi connectivity index (χ2v) is 5.58. The largest absolute Gasteiger partial charge is 0.480 e. The zero-order chi connectivity index (χ0) is 12.8. The minimum atomic E-state index is -3.41. The van der Waals surface area contributed by atoms with Gasteiger partial charge in [-0.15, -0.1) is 0 Å². The van der Waals surface area contributed by atoms with E-state index in [-0.39, 0.29) is 12.3 Å². The fourth-order valence-corrected chi connectivity index (χ4v) is 2.53. The monoisotopic (exact) mass is 251 g/mol. The van der Waals surface area contributed by atoms with E-state index >= 15 is 0 Å². The molecule has 7 heteroatoms. The van der Waals surface area contributed by atoms with Gasteiger partial charge in [0.2, 0.25) is 5.91 Å². The fourth-order valence-electron chi connectivity index (χ4n) is 1.20. The molecule has 0 aliphatic rings. The molecule has 0 unspecified atom stereocenters. The molecule has 1 amide bonds. The number of carbonyl (C=O) groups excluding carboxylic acids is 1. The van der Waals surface area contributed by atoms with Crippen molar-refractivity contribution in [1.29, 1.82) is 0 Å². The lowest BCUT2D eigenvalue weighted by atomic mass is 10.4. The lowest BCUT2D eigenvalue weighted by Crippen LogP contribution is -2.39. The molecule has 0 aromatic heterocycles. The average Bonchev–Trinajstić information content (AvgIpc) is 2.12. The fraction of sp³-hybridized carbons (Fsp3) is 0.778. The number of likely N-dealkylation sites (N-methyl/N-ethyl adjacent to an activating group) is 1. The Bertz CT molecular complexity index is 349. The molecule has 0 fully saturated rings. The van der Waals surface area contributed by atoms with Crippen LogP contribution in [0, 0.1) is 0 Å². The van der Waals surface area contributed by atoms with Gasteiger partial charge in [0.1, 0.15) is 12.3 Å². The predicted octanol–water partition coefficient (Wildman–Crippen LogP) is -0.256. The maximum absolute atomic E-state index is 11.5. The van der Waals surface area contributed by atoms with E-state index in [0.717, 1.165) is 4.90 Å². The minimum Gasteiger partial charge on any atom is -0.480 e. The third kappa shape index (κ3) is 5.69. The Hall–Kier alpha value is -1.11. The first-order valence-corrected chi connectivity index (χ1v) is 6.84. The van der Waals surface area contributed by atoms with Crippen LogP contribution in [0.15, 0.2) is 0 Å². The lowest BCUT2D eigenvalue weighted by molar-refractivity contribution is -0.143. The molecule has 0 aromatic rings. The maximum Gasteiger partial charge on any atom is 0.323 e. The molecule has 16 heavy (non-hydrogen) atoms. The topological polar surface area (TPSA) is 91.8 Å². The molecule has 1 N–H and O–H groups in total. The molecule has 0 heterocycles. The van der Waals surface area contributed by atoms with Gasteiger partial charge >= 0.3 is 5.97 Å². The Morgan fingerprint density at radius 1 is 1.25 bits per heavy atom. The standard InChI is InChI=1S/C9H17NO5S/c1-3-5-16(14,15)7-8(11)10(4-2)6-9(12)13/h3-7H2,1-2H3,(H,12,13). The van der Waals surface area contributed by atoms with Crippen LogP contribution in [0.25, 0.3) is 0 Å². The van der Waals surface area contributed by atoms with Crippen molar-refractivity contribution < 1.29 is 23.1 Å². The van der Waals surface area contributed by atoms with Crippen LogP contribution in [-0.4, -0.2) is 54.9 Å². The van der Waals surface area contributed by atoms with Crippen LogP contribution in [0.2, 0.25) is 0 Å². The predicted molar refractivity (Wildman–Crippen MR) is 58.8 cm³/mol. The van der Waals surface area contributed by atoms with Gasteiger partial charge in [0.15, 0.2) is 9.84 Å². The second-order valence-electron chi connectivity index (χ2n) is 3.39. The van der Waals surface area contributed by atoms with Crippen molar-refractivity contribution in [3.8, 4) is 0 Å². The van der Waals surface area contributed by atoms with Crippen LogP contribution in [0.3, 0.4) is 0 Å². The van der Waals surface area contributed by atoms with E-state index in [2.05, 4.69) is 0 Å². The van der Waals surface area contributed by atoms with Gasteiger partial charge in [-0.3, -0.25) is 9.59 Å². The number of amides is 1. The van der Waals surface area contributed by atoms with Gasteiger partial charge in [-0.2, -0.15) is 0 Å². The summed E-state index contributed by atoms with van der Waals surface area (Å²) in [5.74, 6) is -2.47. The van der Waals surface area contributed by atoms with E-state index in [9.17, 15) is 18.0 Å². The molecule has 0 aliphatic heterocycles. The number of hydrogen-bond donors (Lipinski definition) is 1. The first kappa shape index (κ1) is 14.9. The number of carboxylic acid groups (broad SMARTS) is 1. The van der Waals surface area contributed by atoms with Crippen molar-refractivity contribution >= 4 is 21.7 Å². The Balaban J connectivity index is 4.48. The van der Waals surface area contributed by atoms with Gasteiger partial charge in [0.05, 0.1) is 5.75 Å². The van der Waals surface area contributed by atoms with E-state index in [1.165, 1.54) is 0 Å². The molecule has 0 aromatic carbocycles. The summed E-state index contributed by atoms with van der Waals surface area (Å²) < 4.78 is 22.7. The quantitative estimate of drug-likeness (QED) is 0.673. The number of aliphatic carboxylic acids is 1. The van der Waals surface area contributed by atoms with Crippen molar-refractivity contribution in [2.45, 2.75) is 20.3 Å². The minimum absolute atomic E-state index is 0.0522.